The lowest BCUT2D eigenvalue weighted by atomic mass is 10.1. The van der Waals surface area contributed by atoms with Crippen molar-refractivity contribution >= 4 is 6.41 Å². The van der Waals surface area contributed by atoms with Gasteiger partial charge in [-0.3, -0.25) is 4.79 Å². The van der Waals surface area contributed by atoms with Crippen LogP contribution in [0, 0.1) is 20.2 Å². The van der Waals surface area contributed by atoms with Crippen molar-refractivity contribution in [3.63, 3.8) is 0 Å². The van der Waals surface area contributed by atoms with Crippen molar-refractivity contribution < 1.29 is 43.6 Å². The third-order valence-electron chi connectivity index (χ3n) is 5.26. The average Bonchev–Trinajstić information content (AvgIpc) is 3.46. The van der Waals surface area contributed by atoms with Crippen molar-refractivity contribution in [2.45, 2.75) is 63.6 Å². The van der Waals surface area contributed by atoms with Crippen molar-refractivity contribution in [1.82, 2.24) is 10.6 Å². The van der Waals surface area contributed by atoms with E-state index in [2.05, 4.69) is 20.3 Å². The molecule has 4 N–H and O–H groups in total. The van der Waals surface area contributed by atoms with Gasteiger partial charge < -0.3 is 45.0 Å². The number of nitrogens with zero attached hydrogens (tertiary/aromatic N) is 2. The maximum Gasteiger partial charge on any atom is 0.294 e. The second kappa shape index (κ2) is 13.4. The van der Waals surface area contributed by atoms with Gasteiger partial charge in [-0.1, -0.05) is 14.9 Å². The second-order valence-corrected chi connectivity index (χ2v) is 7.22. The van der Waals surface area contributed by atoms with E-state index in [1.54, 1.807) is 0 Å². The Hall–Kier alpha value is -2.37. The molecule has 0 aromatic heterocycles. The molecule has 0 aromatic rings. The fraction of sp³-hybridized carbons (Fsp3) is 0.941. The van der Waals surface area contributed by atoms with Gasteiger partial charge in [-0.2, -0.15) is 0 Å². The fourth-order valence-electron chi connectivity index (χ4n) is 3.92. The molecule has 16 heteroatoms. The summed E-state index contributed by atoms with van der Waals surface area (Å²) in [6.45, 7) is 2.19. The van der Waals surface area contributed by atoms with Crippen LogP contribution >= 0.6 is 0 Å². The molecule has 0 radical (unpaired) electrons. The molecule has 0 aliphatic carbocycles. The summed E-state index contributed by atoms with van der Waals surface area (Å²) >= 11 is 0. The maximum atomic E-state index is 10.3. The summed E-state index contributed by atoms with van der Waals surface area (Å²) < 4.78 is 21.4. The fourth-order valence-corrected chi connectivity index (χ4v) is 3.92. The highest BCUT2D eigenvalue weighted by atomic mass is 17.0. The number of amides is 1. The van der Waals surface area contributed by atoms with Gasteiger partial charge in [-0.15, -0.1) is 20.2 Å². The summed E-state index contributed by atoms with van der Waals surface area (Å²) in [5.41, 5.74) is 5.64. The summed E-state index contributed by atoms with van der Waals surface area (Å²) in [6, 6.07) is -0.242. The summed E-state index contributed by atoms with van der Waals surface area (Å²) in [5.74, 6) is 0. The smallest absolute Gasteiger partial charge is 0.294 e. The Morgan fingerprint density at radius 3 is 1.94 bits per heavy atom. The van der Waals surface area contributed by atoms with E-state index in [0.29, 0.717) is 32.7 Å². The van der Waals surface area contributed by atoms with E-state index < -0.39 is 28.5 Å². The quantitative estimate of drug-likeness (QED) is 0.141. The Bertz CT molecular complexity index is 644. The highest BCUT2D eigenvalue weighted by molar-refractivity contribution is 5.45. The molecular weight excluding hydrogens is 450 g/mol. The lowest BCUT2D eigenvalue weighted by Crippen LogP contribution is -2.43. The standard InChI is InChI=1S/C9H15N3O6.C6H10N2O5.2CH4/c13-5-10-1-2-11-6-3-16-9-7(18-12(14)15)4-17-8(6)9;7-3-1-11-6-4(13-8(9)10)2-12-5(3)6;;/h5-9,11H,1-4H2,(H,10,13);3-6H,1-2,7H2;2*1H4/t6-,7+,8+,9+;3-,4+,5+,6+;;/m00../s1. The van der Waals surface area contributed by atoms with Gasteiger partial charge in [0.15, 0.2) is 12.2 Å². The predicted octanol–water partition coefficient (Wildman–Crippen LogP) is -1.97. The topological polar surface area (TPSA) is 209 Å². The minimum absolute atomic E-state index is 0. The Balaban J connectivity index is 0.000000324. The molecule has 4 aliphatic rings. The van der Waals surface area contributed by atoms with Gasteiger partial charge in [0, 0.05) is 13.1 Å². The van der Waals surface area contributed by atoms with E-state index >= 15 is 0 Å². The average molecular weight is 483 g/mol. The van der Waals surface area contributed by atoms with Crippen LogP contribution in [0.15, 0.2) is 0 Å². The molecule has 1 amide bonds. The summed E-state index contributed by atoms with van der Waals surface area (Å²) in [5, 5.41) is 24.4. The Morgan fingerprint density at radius 1 is 0.848 bits per heavy atom. The highest BCUT2D eigenvalue weighted by Crippen LogP contribution is 2.29. The number of fused-ring (bicyclic) bond motifs is 2. The first-order valence-corrected chi connectivity index (χ1v) is 9.65. The number of hydrogen-bond acceptors (Lipinski definition) is 13. The minimum atomic E-state index is -0.830. The number of rotatable bonds is 9. The number of nitrogens with two attached hydrogens (primary N) is 1. The van der Waals surface area contributed by atoms with E-state index in [1.807, 2.05) is 0 Å². The summed E-state index contributed by atoms with van der Waals surface area (Å²) in [4.78, 5) is 39.3. The van der Waals surface area contributed by atoms with E-state index in [1.165, 1.54) is 0 Å². The molecule has 192 valence electrons. The first-order valence-electron chi connectivity index (χ1n) is 9.65. The van der Waals surface area contributed by atoms with Crippen molar-refractivity contribution in [3.8, 4) is 0 Å². The van der Waals surface area contributed by atoms with Crippen LogP contribution in [0.2, 0.25) is 0 Å². The molecule has 4 heterocycles. The van der Waals surface area contributed by atoms with Crippen molar-refractivity contribution in [3.05, 3.63) is 20.2 Å². The Morgan fingerprint density at radius 2 is 1.36 bits per heavy atom. The van der Waals surface area contributed by atoms with Crippen LogP contribution in [0.4, 0.5) is 0 Å². The zero-order chi connectivity index (χ0) is 22.4. The molecule has 0 unspecified atom stereocenters. The van der Waals surface area contributed by atoms with E-state index in [9.17, 15) is 25.0 Å². The molecule has 0 aromatic carbocycles. The molecule has 0 saturated carbocycles. The van der Waals surface area contributed by atoms with Gasteiger partial charge in [-0.05, 0) is 0 Å². The molecule has 4 saturated heterocycles. The van der Waals surface area contributed by atoms with Gasteiger partial charge >= 0.3 is 0 Å². The van der Waals surface area contributed by atoms with Gasteiger partial charge in [-0.25, -0.2) is 0 Å². The summed E-state index contributed by atoms with van der Waals surface area (Å²) in [7, 11) is 0. The molecule has 33 heavy (non-hydrogen) atoms. The van der Waals surface area contributed by atoms with Crippen LogP contribution in [0.3, 0.4) is 0 Å². The molecule has 16 nitrogen and oxygen atoms in total. The molecule has 8 atom stereocenters. The molecule has 4 fully saturated rings. The van der Waals surface area contributed by atoms with E-state index in [-0.39, 0.29) is 58.5 Å². The van der Waals surface area contributed by atoms with Gasteiger partial charge in [0.25, 0.3) is 10.2 Å². The monoisotopic (exact) mass is 483 g/mol. The van der Waals surface area contributed by atoms with Crippen LogP contribution in [-0.2, 0) is 33.4 Å². The molecule has 4 rings (SSSR count). The van der Waals surface area contributed by atoms with Crippen LogP contribution in [0.5, 0.6) is 0 Å². The lowest BCUT2D eigenvalue weighted by molar-refractivity contribution is -0.769. The third-order valence-corrected chi connectivity index (χ3v) is 5.26. The predicted molar refractivity (Wildman–Crippen MR) is 110 cm³/mol. The second-order valence-electron chi connectivity index (χ2n) is 7.22. The van der Waals surface area contributed by atoms with Crippen LogP contribution in [0.1, 0.15) is 14.9 Å². The Kier molecular flexibility index (Phi) is 11.6. The van der Waals surface area contributed by atoms with E-state index in [0.717, 1.165) is 0 Å². The number of nitrogens with one attached hydrogen (secondary N) is 2. The lowest BCUT2D eigenvalue weighted by Gasteiger charge is -2.17. The Labute approximate surface area is 190 Å². The van der Waals surface area contributed by atoms with Gasteiger partial charge in [0.05, 0.1) is 38.5 Å². The number of carbonyl (C=O) groups is 1. The molecule has 4 aliphatic heterocycles. The number of ether oxygens (including phenoxy) is 4. The first kappa shape index (κ1) is 28.7. The maximum absolute atomic E-state index is 10.3. The highest BCUT2D eigenvalue weighted by Gasteiger charge is 2.49. The van der Waals surface area contributed by atoms with Crippen molar-refractivity contribution in [2.75, 3.05) is 39.5 Å². The zero-order valence-electron chi connectivity index (χ0n) is 16.4. The van der Waals surface area contributed by atoms with E-state index in [4.69, 9.17) is 24.7 Å². The van der Waals surface area contributed by atoms with Crippen molar-refractivity contribution in [2.24, 2.45) is 5.73 Å². The molecular formula is C17H33N5O11. The number of hydrogen-bond donors (Lipinski definition) is 3. The third kappa shape index (κ3) is 7.31. The van der Waals surface area contributed by atoms with Crippen LogP contribution < -0.4 is 16.4 Å². The van der Waals surface area contributed by atoms with Gasteiger partial charge in [0.2, 0.25) is 6.41 Å². The largest absolute Gasteiger partial charge is 0.371 e. The van der Waals surface area contributed by atoms with Crippen LogP contribution in [0.25, 0.3) is 0 Å². The molecule has 0 spiro atoms. The van der Waals surface area contributed by atoms with Crippen molar-refractivity contribution in [1.29, 1.82) is 0 Å². The zero-order valence-corrected chi connectivity index (χ0v) is 16.4. The summed E-state index contributed by atoms with van der Waals surface area (Å²) in [6.07, 6.45) is -1.97. The number of carbonyl (C=O) groups excluding carboxylic acids is 1. The minimum Gasteiger partial charge on any atom is -0.371 e. The SMILES string of the molecule is C.C.N[C@H]1CO[C@H]2[C@@H]1OC[C@H]2O[N+](=O)[O-].O=CNCCN[C@H]1CO[C@H]2[C@@H]1OC[C@H]2O[N+](=O)[O-]. The normalized spacial score (nSPS) is 35.5. The first-order chi connectivity index (χ1) is 14.9. The molecule has 0 bridgehead atoms. The van der Waals surface area contributed by atoms with Crippen LogP contribution in [-0.4, -0.2) is 105 Å². The van der Waals surface area contributed by atoms with Gasteiger partial charge in [0.1, 0.15) is 24.4 Å².